The lowest BCUT2D eigenvalue weighted by Gasteiger charge is -2.13. The molecule has 10 heteroatoms. The topological polar surface area (TPSA) is 84.7 Å². The van der Waals surface area contributed by atoms with Crippen molar-refractivity contribution in [3.05, 3.63) is 65.0 Å². The summed E-state index contributed by atoms with van der Waals surface area (Å²) in [5.41, 5.74) is 1.22. The fourth-order valence-electron chi connectivity index (χ4n) is 3.14. The van der Waals surface area contributed by atoms with E-state index in [0.29, 0.717) is 23.9 Å². The molecule has 0 aliphatic heterocycles. The second kappa shape index (κ2) is 8.37. The molecule has 1 heterocycles. The molecule has 2 N–H and O–H groups in total. The second-order valence-corrected chi connectivity index (χ2v) is 7.64. The Bertz CT molecular complexity index is 1090. The van der Waals surface area contributed by atoms with E-state index >= 15 is 0 Å². The number of nitrogens with zero attached hydrogens (tertiary/aromatic N) is 4. The van der Waals surface area contributed by atoms with Crippen LogP contribution in [0.3, 0.4) is 0 Å². The summed E-state index contributed by atoms with van der Waals surface area (Å²) in [5, 5.41) is 17.6. The van der Waals surface area contributed by atoms with E-state index < -0.39 is 17.6 Å². The summed E-state index contributed by atoms with van der Waals surface area (Å²) in [4.78, 5) is 12.6. The van der Waals surface area contributed by atoms with Crippen LogP contribution in [0.2, 0.25) is 0 Å². The minimum atomic E-state index is -4.48. The summed E-state index contributed by atoms with van der Waals surface area (Å²) >= 11 is 0. The average molecular weight is 430 g/mol. The minimum Gasteiger partial charge on any atom is -0.377 e. The quantitative estimate of drug-likeness (QED) is 0.585. The molecule has 0 radical (unpaired) electrons. The molecule has 0 unspecified atom stereocenters. The van der Waals surface area contributed by atoms with Crippen molar-refractivity contribution < 1.29 is 18.0 Å². The smallest absolute Gasteiger partial charge is 0.377 e. The number of hydrogen-bond acceptors (Lipinski definition) is 5. The largest absolute Gasteiger partial charge is 0.416 e. The summed E-state index contributed by atoms with van der Waals surface area (Å²) in [5.74, 6) is 0.831. The third-order valence-corrected chi connectivity index (χ3v) is 5.12. The molecule has 1 saturated carbocycles. The number of nitrogens with one attached hydrogen (secondary N) is 2. The van der Waals surface area contributed by atoms with Crippen molar-refractivity contribution in [2.45, 2.75) is 39.0 Å². The van der Waals surface area contributed by atoms with Crippen LogP contribution in [0.5, 0.6) is 0 Å². The Morgan fingerprint density at radius 1 is 1.19 bits per heavy atom. The van der Waals surface area contributed by atoms with Gasteiger partial charge in [-0.3, -0.25) is 4.79 Å². The van der Waals surface area contributed by atoms with E-state index in [0.717, 1.165) is 29.9 Å². The second-order valence-electron chi connectivity index (χ2n) is 7.64. The van der Waals surface area contributed by atoms with Crippen LogP contribution >= 0.6 is 0 Å². The first-order chi connectivity index (χ1) is 14.8. The van der Waals surface area contributed by atoms with E-state index in [4.69, 9.17) is 0 Å². The molecule has 4 rings (SSSR count). The van der Waals surface area contributed by atoms with Gasteiger partial charge in [-0.25, -0.2) is 4.68 Å². The van der Waals surface area contributed by atoms with Crippen molar-refractivity contribution in [2.24, 2.45) is 5.92 Å². The Morgan fingerprint density at radius 2 is 2.00 bits per heavy atom. The Hall–Kier alpha value is -3.43. The fraction of sp³-hybridized carbons (Fsp3) is 0.333. The number of anilines is 2. The Balaban J connectivity index is 1.45. The molecule has 0 bridgehead atoms. The first kappa shape index (κ1) is 20.8. The molecule has 0 atom stereocenters. The van der Waals surface area contributed by atoms with Gasteiger partial charge in [0.1, 0.15) is 0 Å². The molecule has 31 heavy (non-hydrogen) atoms. The van der Waals surface area contributed by atoms with Crippen LogP contribution in [0, 0.1) is 12.8 Å². The number of amides is 1. The highest BCUT2D eigenvalue weighted by molar-refractivity contribution is 6.05. The molecule has 1 fully saturated rings. The molecular weight excluding hydrogens is 409 g/mol. The number of halogens is 3. The maximum atomic E-state index is 12.9. The van der Waals surface area contributed by atoms with Crippen LogP contribution in [-0.2, 0) is 19.3 Å². The average Bonchev–Trinajstić information content (AvgIpc) is 3.43. The summed E-state index contributed by atoms with van der Waals surface area (Å²) in [7, 11) is 0. The Morgan fingerprint density at radius 3 is 2.74 bits per heavy atom. The van der Waals surface area contributed by atoms with Crippen LogP contribution in [0.25, 0.3) is 0 Å². The van der Waals surface area contributed by atoms with Crippen molar-refractivity contribution >= 4 is 17.3 Å². The van der Waals surface area contributed by atoms with Gasteiger partial charge in [-0.05, 0) is 72.0 Å². The molecule has 1 amide bonds. The van der Waals surface area contributed by atoms with Crippen molar-refractivity contribution in [1.29, 1.82) is 0 Å². The number of aryl methyl sites for hydroxylation is 1. The Kier molecular flexibility index (Phi) is 5.62. The van der Waals surface area contributed by atoms with Gasteiger partial charge in [0.2, 0.25) is 0 Å². The van der Waals surface area contributed by atoms with Crippen LogP contribution in [0.4, 0.5) is 24.5 Å². The summed E-state index contributed by atoms with van der Waals surface area (Å²) in [6.45, 7) is 3.08. The molecule has 2 aromatic carbocycles. The SMILES string of the molecule is Cc1ccc(C(=O)Nc2cccc(C(F)(F)F)c2)cc1NCc1nnnn1CC1CC1. The fourth-order valence-corrected chi connectivity index (χ4v) is 3.14. The Labute approximate surface area is 176 Å². The number of carbonyl (C=O) groups is 1. The van der Waals surface area contributed by atoms with E-state index in [1.165, 1.54) is 25.0 Å². The lowest BCUT2D eigenvalue weighted by atomic mass is 10.1. The van der Waals surface area contributed by atoms with Gasteiger partial charge in [-0.1, -0.05) is 12.1 Å². The molecule has 0 spiro atoms. The zero-order chi connectivity index (χ0) is 22.0. The van der Waals surface area contributed by atoms with Crippen LogP contribution in [0.1, 0.15) is 40.2 Å². The predicted octanol–water partition coefficient (Wildman–Crippen LogP) is 4.27. The minimum absolute atomic E-state index is 0.0779. The van der Waals surface area contributed by atoms with E-state index in [9.17, 15) is 18.0 Å². The molecule has 7 nitrogen and oxygen atoms in total. The molecular formula is C21H21F3N6O. The molecule has 1 aromatic heterocycles. The van der Waals surface area contributed by atoms with Crippen molar-refractivity contribution in [3.63, 3.8) is 0 Å². The third-order valence-electron chi connectivity index (χ3n) is 5.12. The van der Waals surface area contributed by atoms with Gasteiger partial charge in [0.25, 0.3) is 5.91 Å². The van der Waals surface area contributed by atoms with Crippen LogP contribution in [0.15, 0.2) is 42.5 Å². The van der Waals surface area contributed by atoms with E-state index in [2.05, 4.69) is 26.2 Å². The van der Waals surface area contributed by atoms with Gasteiger partial charge >= 0.3 is 6.18 Å². The standard InChI is InChI=1S/C21H21F3N6O/c1-13-5-8-15(20(31)26-17-4-2-3-16(10-17)21(22,23)24)9-18(13)25-11-19-27-28-29-30(19)12-14-6-7-14/h2-5,8-10,14,25H,6-7,11-12H2,1H3,(H,26,31). The third kappa shape index (κ3) is 5.19. The lowest BCUT2D eigenvalue weighted by molar-refractivity contribution is -0.137. The van der Waals surface area contributed by atoms with E-state index in [1.807, 2.05) is 6.92 Å². The molecule has 3 aromatic rings. The number of hydrogen-bond donors (Lipinski definition) is 2. The first-order valence-electron chi connectivity index (χ1n) is 9.88. The molecule has 1 aliphatic carbocycles. The zero-order valence-corrected chi connectivity index (χ0v) is 16.8. The van der Waals surface area contributed by atoms with Crippen molar-refractivity contribution in [1.82, 2.24) is 20.2 Å². The lowest BCUT2D eigenvalue weighted by Crippen LogP contribution is -2.15. The number of benzene rings is 2. The van der Waals surface area contributed by atoms with E-state index in [1.54, 1.807) is 22.9 Å². The predicted molar refractivity (Wildman–Crippen MR) is 108 cm³/mol. The number of rotatable bonds is 7. The van der Waals surface area contributed by atoms with Gasteiger partial charge in [0.15, 0.2) is 5.82 Å². The highest BCUT2D eigenvalue weighted by Gasteiger charge is 2.30. The highest BCUT2D eigenvalue weighted by atomic mass is 19.4. The summed E-state index contributed by atoms with van der Waals surface area (Å²) in [6.07, 6.45) is -2.10. The zero-order valence-electron chi connectivity index (χ0n) is 16.8. The molecule has 162 valence electrons. The van der Waals surface area contributed by atoms with Crippen molar-refractivity contribution in [3.8, 4) is 0 Å². The normalized spacial score (nSPS) is 13.8. The van der Waals surface area contributed by atoms with Gasteiger partial charge in [-0.15, -0.1) is 5.10 Å². The van der Waals surface area contributed by atoms with Gasteiger partial charge in [0, 0.05) is 23.5 Å². The van der Waals surface area contributed by atoms with Crippen molar-refractivity contribution in [2.75, 3.05) is 10.6 Å². The highest BCUT2D eigenvalue weighted by Crippen LogP contribution is 2.31. The van der Waals surface area contributed by atoms with Crippen LogP contribution in [-0.4, -0.2) is 26.1 Å². The molecule has 1 aliphatic rings. The maximum absolute atomic E-state index is 12.9. The number of tetrazole rings is 1. The monoisotopic (exact) mass is 430 g/mol. The molecule has 0 saturated heterocycles. The summed E-state index contributed by atoms with van der Waals surface area (Å²) < 4.78 is 40.5. The first-order valence-corrected chi connectivity index (χ1v) is 9.88. The number of aromatic nitrogens is 4. The number of alkyl halides is 3. The maximum Gasteiger partial charge on any atom is 0.416 e. The van der Waals surface area contributed by atoms with Gasteiger partial charge in [0.05, 0.1) is 12.1 Å². The van der Waals surface area contributed by atoms with Gasteiger partial charge in [-0.2, -0.15) is 13.2 Å². The van der Waals surface area contributed by atoms with Crippen LogP contribution < -0.4 is 10.6 Å². The number of carbonyl (C=O) groups excluding carboxylic acids is 1. The van der Waals surface area contributed by atoms with E-state index in [-0.39, 0.29) is 5.69 Å². The summed E-state index contributed by atoms with van der Waals surface area (Å²) in [6, 6.07) is 9.60. The van der Waals surface area contributed by atoms with Gasteiger partial charge < -0.3 is 10.6 Å².